The number of hydrogen-bond acceptors (Lipinski definition) is 3. The maximum absolute atomic E-state index is 6.15. The third-order valence-electron chi connectivity index (χ3n) is 4.74. The summed E-state index contributed by atoms with van der Waals surface area (Å²) in [7, 11) is 3.30. The van der Waals surface area contributed by atoms with Gasteiger partial charge < -0.3 is 18.6 Å². The highest BCUT2D eigenvalue weighted by molar-refractivity contribution is 6.63. The topological polar surface area (TPSA) is 32.6 Å². The summed E-state index contributed by atoms with van der Waals surface area (Å²) in [6.07, 6.45) is 2.04. The molecule has 1 saturated heterocycles. The lowest BCUT2D eigenvalue weighted by Gasteiger charge is -2.32. The molecular weight excluding hydrogens is 265 g/mol. The van der Waals surface area contributed by atoms with Gasteiger partial charge >= 0.3 is 7.12 Å². The Kier molecular flexibility index (Phi) is 3.12. The molecule has 4 nitrogen and oxygen atoms in total. The van der Waals surface area contributed by atoms with Gasteiger partial charge in [-0.1, -0.05) is 0 Å². The molecule has 1 fully saturated rings. The summed E-state index contributed by atoms with van der Waals surface area (Å²) in [5.41, 5.74) is 1.36. The monoisotopic (exact) mass is 287 g/mol. The number of hydrogen-bond donors (Lipinski definition) is 0. The van der Waals surface area contributed by atoms with Crippen molar-refractivity contribution in [1.82, 2.24) is 4.57 Å². The van der Waals surface area contributed by atoms with E-state index >= 15 is 0 Å². The van der Waals surface area contributed by atoms with Gasteiger partial charge in [0.05, 0.1) is 18.3 Å². The van der Waals surface area contributed by atoms with Gasteiger partial charge in [0.25, 0.3) is 0 Å². The highest BCUT2D eigenvalue weighted by atomic mass is 16.7. The van der Waals surface area contributed by atoms with E-state index in [1.165, 1.54) is 0 Å². The van der Waals surface area contributed by atoms with Crippen LogP contribution in [0, 0.1) is 0 Å². The van der Waals surface area contributed by atoms with Crippen molar-refractivity contribution in [2.75, 3.05) is 7.11 Å². The number of methoxy groups -OCH3 is 1. The average molecular weight is 287 g/mol. The average Bonchev–Trinajstić information content (AvgIpc) is 2.86. The van der Waals surface area contributed by atoms with Gasteiger partial charge in [0.1, 0.15) is 5.75 Å². The third kappa shape index (κ3) is 2.15. The van der Waals surface area contributed by atoms with Crippen molar-refractivity contribution in [3.8, 4) is 5.75 Å². The number of fused-ring (bicyclic) bond motifs is 1. The summed E-state index contributed by atoms with van der Waals surface area (Å²) in [6.45, 7) is 8.22. The minimum Gasteiger partial charge on any atom is -0.497 e. The smallest absolute Gasteiger partial charge is 0.497 e. The number of rotatable bonds is 2. The predicted molar refractivity (Wildman–Crippen MR) is 85.2 cm³/mol. The first kappa shape index (κ1) is 14.5. The van der Waals surface area contributed by atoms with E-state index in [4.69, 9.17) is 14.0 Å². The predicted octanol–water partition coefficient (Wildman–Crippen LogP) is 2.49. The van der Waals surface area contributed by atoms with Crippen molar-refractivity contribution in [3.05, 3.63) is 24.4 Å². The Labute approximate surface area is 126 Å². The fraction of sp³-hybridized carbons (Fsp3) is 0.500. The molecule has 1 aliphatic heterocycles. The SMILES string of the molecule is COc1cc2ccn(C)c2cc1B1OC(C)(C)C(C)(C)O1. The molecule has 0 N–H and O–H groups in total. The summed E-state index contributed by atoms with van der Waals surface area (Å²) in [5.74, 6) is 0.798. The minimum atomic E-state index is -0.413. The number of aromatic nitrogens is 1. The van der Waals surface area contributed by atoms with Gasteiger partial charge in [-0.15, -0.1) is 0 Å². The summed E-state index contributed by atoms with van der Waals surface area (Å²) >= 11 is 0. The second kappa shape index (κ2) is 4.52. The van der Waals surface area contributed by atoms with Crippen LogP contribution in [-0.2, 0) is 16.4 Å². The summed E-state index contributed by atoms with van der Waals surface area (Å²) in [5, 5.41) is 1.15. The van der Waals surface area contributed by atoms with Crippen molar-refractivity contribution < 1.29 is 14.0 Å². The first-order chi connectivity index (χ1) is 9.75. The fourth-order valence-electron chi connectivity index (χ4n) is 2.64. The fourth-order valence-corrected chi connectivity index (χ4v) is 2.64. The van der Waals surface area contributed by atoms with Crippen LogP contribution < -0.4 is 10.2 Å². The Morgan fingerprint density at radius 2 is 1.71 bits per heavy atom. The number of benzene rings is 1. The molecule has 0 bridgehead atoms. The van der Waals surface area contributed by atoms with E-state index in [1.54, 1.807) is 7.11 Å². The number of ether oxygens (including phenoxy) is 1. The van der Waals surface area contributed by atoms with E-state index in [2.05, 4.69) is 44.4 Å². The zero-order valence-corrected chi connectivity index (χ0v) is 13.6. The molecule has 1 aromatic carbocycles. The highest BCUT2D eigenvalue weighted by Gasteiger charge is 2.52. The number of aryl methyl sites for hydroxylation is 1. The molecule has 1 aliphatic rings. The zero-order valence-electron chi connectivity index (χ0n) is 13.6. The third-order valence-corrected chi connectivity index (χ3v) is 4.74. The van der Waals surface area contributed by atoms with Crippen molar-refractivity contribution in [3.63, 3.8) is 0 Å². The summed E-state index contributed by atoms with van der Waals surface area (Å²) < 4.78 is 19.9. The molecule has 0 unspecified atom stereocenters. The molecule has 5 heteroatoms. The van der Waals surface area contributed by atoms with Gasteiger partial charge in [-0.2, -0.15) is 0 Å². The molecule has 0 saturated carbocycles. The normalized spacial score (nSPS) is 20.2. The highest BCUT2D eigenvalue weighted by Crippen LogP contribution is 2.37. The van der Waals surface area contributed by atoms with Crippen LogP contribution in [0.2, 0.25) is 0 Å². The molecule has 3 rings (SSSR count). The van der Waals surface area contributed by atoms with E-state index in [0.717, 1.165) is 22.1 Å². The molecule has 2 aromatic rings. The van der Waals surface area contributed by atoms with Gasteiger partial charge in [0.15, 0.2) is 0 Å². The van der Waals surface area contributed by atoms with Crippen molar-refractivity contribution in [2.24, 2.45) is 7.05 Å². The van der Waals surface area contributed by atoms with Gasteiger partial charge in [-0.25, -0.2) is 0 Å². The van der Waals surface area contributed by atoms with Crippen LogP contribution in [-0.4, -0.2) is 30.0 Å². The largest absolute Gasteiger partial charge is 0.498 e. The summed E-state index contributed by atoms with van der Waals surface area (Å²) in [6, 6.07) is 6.21. The van der Waals surface area contributed by atoms with E-state index < -0.39 is 7.12 Å². The first-order valence-electron chi connectivity index (χ1n) is 7.24. The molecular formula is C16H22BNO3. The van der Waals surface area contributed by atoms with E-state index in [0.29, 0.717) is 0 Å². The van der Waals surface area contributed by atoms with Crippen LogP contribution in [0.5, 0.6) is 5.75 Å². The minimum absolute atomic E-state index is 0.355. The lowest BCUT2D eigenvalue weighted by molar-refractivity contribution is 0.00578. The lowest BCUT2D eigenvalue weighted by Crippen LogP contribution is -2.41. The second-order valence-corrected chi connectivity index (χ2v) is 6.67. The quantitative estimate of drug-likeness (QED) is 0.795. The Morgan fingerprint density at radius 1 is 1.10 bits per heavy atom. The van der Waals surface area contributed by atoms with E-state index in [9.17, 15) is 0 Å². The Balaban J connectivity index is 2.10. The molecule has 2 heterocycles. The molecule has 21 heavy (non-hydrogen) atoms. The van der Waals surface area contributed by atoms with Crippen LogP contribution in [0.3, 0.4) is 0 Å². The van der Waals surface area contributed by atoms with Crippen molar-refractivity contribution in [2.45, 2.75) is 38.9 Å². The van der Waals surface area contributed by atoms with Crippen LogP contribution in [0.4, 0.5) is 0 Å². The van der Waals surface area contributed by atoms with Crippen LogP contribution in [0.25, 0.3) is 10.9 Å². The van der Waals surface area contributed by atoms with E-state index in [1.807, 2.05) is 19.3 Å². The Hall–Kier alpha value is -1.46. The molecule has 1 aromatic heterocycles. The van der Waals surface area contributed by atoms with Gasteiger partial charge in [-0.3, -0.25) is 0 Å². The van der Waals surface area contributed by atoms with Crippen LogP contribution in [0.15, 0.2) is 24.4 Å². The molecule has 112 valence electrons. The van der Waals surface area contributed by atoms with Crippen molar-refractivity contribution >= 4 is 23.5 Å². The molecule has 0 aliphatic carbocycles. The molecule has 0 spiro atoms. The lowest BCUT2D eigenvalue weighted by atomic mass is 9.78. The molecule has 0 atom stereocenters. The van der Waals surface area contributed by atoms with Crippen LogP contribution >= 0.6 is 0 Å². The maximum Gasteiger partial charge on any atom is 0.498 e. The molecule has 0 radical (unpaired) electrons. The Bertz CT molecular complexity index is 674. The van der Waals surface area contributed by atoms with Crippen LogP contribution in [0.1, 0.15) is 27.7 Å². The number of nitrogens with zero attached hydrogens (tertiary/aromatic N) is 1. The van der Waals surface area contributed by atoms with Gasteiger partial charge in [0, 0.05) is 29.6 Å². The zero-order chi connectivity index (χ0) is 15.4. The van der Waals surface area contributed by atoms with E-state index in [-0.39, 0.29) is 11.2 Å². The standard InChI is InChI=1S/C16H22BNO3/c1-15(2)16(3,4)21-17(20-15)12-10-13-11(7-8-18(13)5)9-14(12)19-6/h7-10H,1-6H3. The first-order valence-corrected chi connectivity index (χ1v) is 7.24. The van der Waals surface area contributed by atoms with Gasteiger partial charge in [-0.05, 0) is 45.9 Å². The van der Waals surface area contributed by atoms with Gasteiger partial charge in [0.2, 0.25) is 0 Å². The maximum atomic E-state index is 6.15. The Morgan fingerprint density at radius 3 is 2.29 bits per heavy atom. The summed E-state index contributed by atoms with van der Waals surface area (Å²) in [4.78, 5) is 0. The second-order valence-electron chi connectivity index (χ2n) is 6.67. The molecule has 0 amide bonds. The van der Waals surface area contributed by atoms with Crippen molar-refractivity contribution in [1.29, 1.82) is 0 Å².